The maximum Gasteiger partial charge on any atom is 0.133 e. The predicted molar refractivity (Wildman–Crippen MR) is 87.1 cm³/mol. The maximum atomic E-state index is 11.7. The van der Waals surface area contributed by atoms with Gasteiger partial charge in [0, 0.05) is 26.6 Å². The minimum atomic E-state index is 0.371. The summed E-state index contributed by atoms with van der Waals surface area (Å²) >= 11 is 0. The van der Waals surface area contributed by atoms with E-state index in [1.54, 1.807) is 7.11 Å². The van der Waals surface area contributed by atoms with Gasteiger partial charge in [-0.25, -0.2) is 0 Å². The Morgan fingerprint density at radius 2 is 1.40 bits per heavy atom. The molecule has 0 amide bonds. The number of ether oxygens (including phenoxy) is 1. The quantitative estimate of drug-likeness (QED) is 0.369. The van der Waals surface area contributed by atoms with Crippen molar-refractivity contribution in [2.24, 2.45) is 5.92 Å². The Morgan fingerprint density at radius 3 is 1.90 bits per heavy atom. The third-order valence-corrected chi connectivity index (χ3v) is 3.84. The Morgan fingerprint density at radius 1 is 0.900 bits per heavy atom. The van der Waals surface area contributed by atoms with E-state index < -0.39 is 0 Å². The minimum Gasteiger partial charge on any atom is -0.384 e. The van der Waals surface area contributed by atoms with Crippen molar-refractivity contribution in [3.05, 3.63) is 0 Å². The molecule has 0 aliphatic rings. The molecule has 2 heteroatoms. The Balaban J connectivity index is 3.21. The molecule has 2 nitrogen and oxygen atoms in total. The number of unbranched alkanes of at least 4 members (excludes halogenated alkanes) is 9. The van der Waals surface area contributed by atoms with E-state index in [-0.39, 0.29) is 0 Å². The first kappa shape index (κ1) is 19.6. The molecular formula is C18H36O2. The Hall–Kier alpha value is -0.370. The third kappa shape index (κ3) is 14.0. The fourth-order valence-electron chi connectivity index (χ4n) is 2.64. The lowest BCUT2D eigenvalue weighted by Crippen LogP contribution is -2.10. The zero-order valence-electron chi connectivity index (χ0n) is 14.1. The van der Waals surface area contributed by atoms with Crippen molar-refractivity contribution >= 4 is 5.78 Å². The molecule has 1 atom stereocenters. The van der Waals surface area contributed by atoms with Gasteiger partial charge >= 0.3 is 0 Å². The van der Waals surface area contributed by atoms with Crippen molar-refractivity contribution in [3.8, 4) is 0 Å². The van der Waals surface area contributed by atoms with Crippen molar-refractivity contribution in [1.82, 2.24) is 0 Å². The van der Waals surface area contributed by atoms with Crippen molar-refractivity contribution in [2.75, 3.05) is 13.7 Å². The van der Waals surface area contributed by atoms with Gasteiger partial charge in [-0.1, -0.05) is 71.6 Å². The highest BCUT2D eigenvalue weighted by atomic mass is 16.5. The van der Waals surface area contributed by atoms with Crippen molar-refractivity contribution in [3.63, 3.8) is 0 Å². The fourth-order valence-corrected chi connectivity index (χ4v) is 2.64. The van der Waals surface area contributed by atoms with E-state index in [4.69, 9.17) is 4.74 Å². The lowest BCUT2D eigenvalue weighted by atomic mass is 10.0. The lowest BCUT2D eigenvalue weighted by Gasteiger charge is -2.08. The first-order valence-corrected chi connectivity index (χ1v) is 8.71. The van der Waals surface area contributed by atoms with Crippen LogP contribution in [0.1, 0.15) is 90.9 Å². The SMILES string of the molecule is CCCCCCCCCCCCC(=O)CC(C)COC. The number of carbonyl (C=O) groups excluding carboxylic acids is 1. The van der Waals surface area contributed by atoms with E-state index in [2.05, 4.69) is 13.8 Å². The molecule has 20 heavy (non-hydrogen) atoms. The molecule has 0 saturated carbocycles. The standard InChI is InChI=1S/C18H36O2/c1-4-5-6-7-8-9-10-11-12-13-14-18(19)15-17(2)16-20-3/h17H,4-16H2,1-3H3. The molecule has 0 bridgehead atoms. The van der Waals surface area contributed by atoms with Crippen molar-refractivity contribution in [1.29, 1.82) is 0 Å². The van der Waals surface area contributed by atoms with Gasteiger partial charge in [0.25, 0.3) is 0 Å². The van der Waals surface area contributed by atoms with Crippen LogP contribution in [0.2, 0.25) is 0 Å². The second kappa shape index (κ2) is 15.0. The second-order valence-corrected chi connectivity index (χ2v) is 6.24. The molecule has 0 aromatic rings. The number of carbonyl (C=O) groups is 1. The molecule has 0 aromatic carbocycles. The zero-order valence-corrected chi connectivity index (χ0v) is 14.1. The average Bonchev–Trinajstić information content (AvgIpc) is 2.41. The van der Waals surface area contributed by atoms with E-state index in [1.807, 2.05) is 0 Å². The van der Waals surface area contributed by atoms with Gasteiger partial charge in [0.1, 0.15) is 5.78 Å². The fraction of sp³-hybridized carbons (Fsp3) is 0.944. The summed E-state index contributed by atoms with van der Waals surface area (Å²) in [5, 5.41) is 0. The molecule has 0 saturated heterocycles. The van der Waals surface area contributed by atoms with Crippen LogP contribution in [-0.2, 0) is 9.53 Å². The molecule has 0 aliphatic carbocycles. The average molecular weight is 284 g/mol. The summed E-state index contributed by atoms with van der Waals surface area (Å²) in [4.78, 5) is 11.7. The van der Waals surface area contributed by atoms with E-state index in [9.17, 15) is 4.79 Å². The van der Waals surface area contributed by atoms with Gasteiger partial charge in [0.15, 0.2) is 0 Å². The highest BCUT2D eigenvalue weighted by Gasteiger charge is 2.08. The van der Waals surface area contributed by atoms with Crippen LogP contribution in [0.15, 0.2) is 0 Å². The first-order valence-electron chi connectivity index (χ1n) is 8.71. The summed E-state index contributed by atoms with van der Waals surface area (Å²) in [5.74, 6) is 0.782. The largest absolute Gasteiger partial charge is 0.384 e. The van der Waals surface area contributed by atoms with Gasteiger partial charge in [-0.3, -0.25) is 4.79 Å². The summed E-state index contributed by atoms with van der Waals surface area (Å²) in [5.41, 5.74) is 0. The molecule has 0 spiro atoms. The molecule has 0 rings (SSSR count). The molecule has 0 heterocycles. The van der Waals surface area contributed by atoms with Crippen LogP contribution in [0, 0.1) is 5.92 Å². The molecule has 0 radical (unpaired) electrons. The summed E-state index contributed by atoms with van der Waals surface area (Å²) in [6, 6.07) is 0. The van der Waals surface area contributed by atoms with E-state index >= 15 is 0 Å². The van der Waals surface area contributed by atoms with E-state index in [0.29, 0.717) is 24.7 Å². The van der Waals surface area contributed by atoms with Crippen LogP contribution in [0.25, 0.3) is 0 Å². The van der Waals surface area contributed by atoms with Gasteiger partial charge in [-0.05, 0) is 12.3 Å². The molecule has 1 unspecified atom stereocenters. The number of hydrogen-bond acceptors (Lipinski definition) is 2. The summed E-state index contributed by atoms with van der Waals surface area (Å²) in [6.07, 6.45) is 14.7. The highest BCUT2D eigenvalue weighted by Crippen LogP contribution is 2.12. The van der Waals surface area contributed by atoms with Crippen LogP contribution in [-0.4, -0.2) is 19.5 Å². The van der Waals surface area contributed by atoms with E-state index in [1.165, 1.54) is 57.8 Å². The van der Waals surface area contributed by atoms with Crippen LogP contribution < -0.4 is 0 Å². The second-order valence-electron chi connectivity index (χ2n) is 6.24. The number of hydrogen-bond donors (Lipinski definition) is 0. The third-order valence-electron chi connectivity index (χ3n) is 3.84. The van der Waals surface area contributed by atoms with Crippen LogP contribution in [0.4, 0.5) is 0 Å². The normalized spacial score (nSPS) is 12.6. The van der Waals surface area contributed by atoms with Crippen molar-refractivity contribution in [2.45, 2.75) is 90.9 Å². The molecule has 0 fully saturated rings. The Labute approximate surface area is 126 Å². The minimum absolute atomic E-state index is 0.371. The number of Topliss-reactive ketones (excluding diaryl/α,β-unsaturated/α-hetero) is 1. The maximum absolute atomic E-state index is 11.7. The lowest BCUT2D eigenvalue weighted by molar-refractivity contribution is -0.120. The van der Waals surface area contributed by atoms with Gasteiger partial charge < -0.3 is 4.74 Å². The van der Waals surface area contributed by atoms with Crippen LogP contribution in [0.3, 0.4) is 0 Å². The molecule has 120 valence electrons. The summed E-state index contributed by atoms with van der Waals surface area (Å²) < 4.78 is 5.06. The smallest absolute Gasteiger partial charge is 0.133 e. The Kier molecular flexibility index (Phi) is 14.7. The summed E-state index contributed by atoms with van der Waals surface area (Å²) in [6.45, 7) is 5.04. The van der Waals surface area contributed by atoms with E-state index in [0.717, 1.165) is 12.8 Å². The van der Waals surface area contributed by atoms with Crippen LogP contribution in [0.5, 0.6) is 0 Å². The number of methoxy groups -OCH3 is 1. The molecule has 0 N–H and O–H groups in total. The number of ketones is 1. The molecule has 0 aromatic heterocycles. The number of rotatable bonds is 15. The van der Waals surface area contributed by atoms with Crippen molar-refractivity contribution < 1.29 is 9.53 Å². The summed E-state index contributed by atoms with van der Waals surface area (Å²) in [7, 11) is 1.70. The van der Waals surface area contributed by atoms with Gasteiger partial charge in [0.05, 0.1) is 0 Å². The predicted octanol–water partition coefficient (Wildman–Crippen LogP) is 5.54. The topological polar surface area (TPSA) is 26.3 Å². The molecule has 0 aliphatic heterocycles. The van der Waals surface area contributed by atoms with Crippen LogP contribution >= 0.6 is 0 Å². The first-order chi connectivity index (χ1) is 9.70. The van der Waals surface area contributed by atoms with Gasteiger partial charge in [-0.2, -0.15) is 0 Å². The monoisotopic (exact) mass is 284 g/mol. The Bertz CT molecular complexity index is 213. The highest BCUT2D eigenvalue weighted by molar-refractivity contribution is 5.78. The zero-order chi connectivity index (χ0) is 15.1. The molecular weight excluding hydrogens is 248 g/mol. The van der Waals surface area contributed by atoms with Gasteiger partial charge in [-0.15, -0.1) is 0 Å². The van der Waals surface area contributed by atoms with Gasteiger partial charge in [0.2, 0.25) is 0 Å².